The zero-order valence-corrected chi connectivity index (χ0v) is 31.2. The standard InChI is InChI=1S/C40H54N2O8S/c1-6-20-42(39(45)46-3)36-26-34(41-47-4)32-24-27(12-8-10-21-43)31(13-9-11-22-44)37-33-25-29(49-28-14-17-30(51-5)18-15-28)16-19-35(33)50-40(36,38(32)37)48-23-7-2/h7,14-19,24-25,27,31,36-38,43-44H,2,6,8-13,20-23,26H2,1,3-5H3/t27-,31+,36-,37+,38+,40+/m0/s1. The van der Waals surface area contributed by atoms with E-state index in [1.807, 2.05) is 49.6 Å². The van der Waals surface area contributed by atoms with Gasteiger partial charge in [0.25, 0.3) is 0 Å². The molecule has 0 unspecified atom stereocenters. The number of oxime groups is 1. The number of thioether (sulfide) groups is 1. The lowest BCUT2D eigenvalue weighted by Gasteiger charge is -2.59. The van der Waals surface area contributed by atoms with Crippen molar-refractivity contribution >= 4 is 23.6 Å². The van der Waals surface area contributed by atoms with Crippen molar-refractivity contribution in [1.29, 1.82) is 0 Å². The van der Waals surface area contributed by atoms with Crippen molar-refractivity contribution in [3.63, 3.8) is 0 Å². The van der Waals surface area contributed by atoms with Crippen molar-refractivity contribution in [2.75, 3.05) is 46.8 Å². The summed E-state index contributed by atoms with van der Waals surface area (Å²) in [7, 11) is 2.94. The molecule has 2 aromatic carbocycles. The maximum atomic E-state index is 13.6. The predicted molar refractivity (Wildman–Crippen MR) is 200 cm³/mol. The van der Waals surface area contributed by atoms with Gasteiger partial charge < -0.3 is 34.0 Å². The van der Waals surface area contributed by atoms with Gasteiger partial charge in [-0.05, 0) is 98.2 Å². The highest BCUT2D eigenvalue weighted by molar-refractivity contribution is 7.98. The SMILES string of the molecule is C=CCO[C@@]12Oc3ccc(Oc4ccc(SC)cc4)cc3[C@H]3[C@H](CCCCO)[C@@H](CCCCO)C=C(C(=NOC)C[C@@H]1N(CCC)C(=O)OC)[C@H]32. The fourth-order valence-corrected chi connectivity index (χ4v) is 8.74. The van der Waals surface area contributed by atoms with E-state index in [1.54, 1.807) is 29.8 Å². The minimum Gasteiger partial charge on any atom is -0.459 e. The molecule has 0 aromatic heterocycles. The van der Waals surface area contributed by atoms with Crippen LogP contribution in [0.25, 0.3) is 0 Å². The molecule has 1 aliphatic heterocycles. The number of amides is 1. The second kappa shape index (κ2) is 18.3. The zero-order valence-electron chi connectivity index (χ0n) is 30.4. The molecular formula is C40H54N2O8S. The number of carbonyl (C=O) groups excluding carboxylic acids is 1. The Balaban J connectivity index is 1.75. The average Bonchev–Trinajstić information content (AvgIpc) is 3.15. The van der Waals surface area contributed by atoms with E-state index in [0.29, 0.717) is 43.7 Å². The van der Waals surface area contributed by atoms with Crippen LogP contribution in [0.1, 0.15) is 69.8 Å². The first kappa shape index (κ1) is 38.7. The van der Waals surface area contributed by atoms with Crippen molar-refractivity contribution in [2.45, 2.75) is 80.9 Å². The van der Waals surface area contributed by atoms with Crippen LogP contribution in [0, 0.1) is 17.8 Å². The van der Waals surface area contributed by atoms with Gasteiger partial charge in [0.15, 0.2) is 0 Å². The molecule has 0 spiro atoms. The smallest absolute Gasteiger partial charge is 0.409 e. The summed E-state index contributed by atoms with van der Waals surface area (Å²) in [5, 5.41) is 24.1. The topological polar surface area (TPSA) is 119 Å². The Morgan fingerprint density at radius 3 is 2.45 bits per heavy atom. The van der Waals surface area contributed by atoms with E-state index >= 15 is 0 Å². The van der Waals surface area contributed by atoms with Crippen molar-refractivity contribution in [1.82, 2.24) is 4.90 Å². The largest absolute Gasteiger partial charge is 0.459 e. The Bertz CT molecular complexity index is 1530. The Kier molecular flexibility index (Phi) is 13.9. The van der Waals surface area contributed by atoms with Gasteiger partial charge in [0.05, 0.1) is 25.3 Å². The highest BCUT2D eigenvalue weighted by Gasteiger charge is 2.65. The molecule has 0 radical (unpaired) electrons. The number of nitrogens with zero attached hydrogens (tertiary/aromatic N) is 2. The molecular weight excluding hydrogens is 669 g/mol. The Morgan fingerprint density at radius 2 is 1.80 bits per heavy atom. The summed E-state index contributed by atoms with van der Waals surface area (Å²) < 4.78 is 25.9. The molecule has 278 valence electrons. The number of hydrogen-bond acceptors (Lipinski definition) is 10. The number of methoxy groups -OCH3 is 1. The maximum Gasteiger partial charge on any atom is 0.409 e. The minimum atomic E-state index is -1.31. The second-order valence-corrected chi connectivity index (χ2v) is 14.3. The van der Waals surface area contributed by atoms with Crippen molar-refractivity contribution in [3.05, 3.63) is 72.3 Å². The van der Waals surface area contributed by atoms with E-state index < -0.39 is 17.9 Å². The molecule has 0 bridgehead atoms. The van der Waals surface area contributed by atoms with Crippen LogP contribution in [0.2, 0.25) is 0 Å². The molecule has 10 nitrogen and oxygen atoms in total. The van der Waals surface area contributed by atoms with E-state index in [1.165, 1.54) is 7.11 Å². The third-order valence-corrected chi connectivity index (χ3v) is 11.1. The summed E-state index contributed by atoms with van der Waals surface area (Å²) in [6.45, 7) is 6.88. The highest BCUT2D eigenvalue weighted by Crippen LogP contribution is 2.62. The number of carbonyl (C=O) groups is 1. The van der Waals surface area contributed by atoms with Gasteiger partial charge in [-0.2, -0.15) is 0 Å². The molecule has 1 amide bonds. The fraction of sp³-hybridized carbons (Fsp3) is 0.550. The third kappa shape index (κ3) is 8.27. The summed E-state index contributed by atoms with van der Waals surface area (Å²) in [5.74, 6) is 0.534. The molecule has 2 aromatic rings. The van der Waals surface area contributed by atoms with Crippen LogP contribution in [0.5, 0.6) is 17.2 Å². The third-order valence-electron chi connectivity index (χ3n) is 10.4. The van der Waals surface area contributed by atoms with Crippen LogP contribution in [0.15, 0.2) is 76.8 Å². The maximum absolute atomic E-state index is 13.6. The second-order valence-electron chi connectivity index (χ2n) is 13.4. The first-order chi connectivity index (χ1) is 24.9. The Hall–Kier alpha value is -3.51. The number of allylic oxidation sites excluding steroid dienone is 1. The molecule has 11 heteroatoms. The quantitative estimate of drug-likeness (QED) is 0.0684. The van der Waals surface area contributed by atoms with E-state index in [0.717, 1.165) is 53.2 Å². The van der Waals surface area contributed by atoms with Gasteiger partial charge in [-0.25, -0.2) is 4.79 Å². The molecule has 5 rings (SSSR count). The van der Waals surface area contributed by atoms with E-state index in [9.17, 15) is 15.0 Å². The lowest BCUT2D eigenvalue weighted by Crippen LogP contribution is -2.70. The van der Waals surface area contributed by atoms with Gasteiger partial charge >= 0.3 is 6.09 Å². The number of ether oxygens (including phenoxy) is 4. The van der Waals surface area contributed by atoms with Gasteiger partial charge in [0.2, 0.25) is 5.79 Å². The molecule has 0 saturated heterocycles. The number of aliphatic hydroxyl groups is 2. The van der Waals surface area contributed by atoms with Crippen LogP contribution in [0.4, 0.5) is 4.79 Å². The van der Waals surface area contributed by atoms with Gasteiger partial charge in [-0.3, -0.25) is 4.90 Å². The fourth-order valence-electron chi connectivity index (χ4n) is 8.33. The van der Waals surface area contributed by atoms with E-state index in [-0.39, 0.29) is 43.5 Å². The molecule has 51 heavy (non-hydrogen) atoms. The molecule has 1 fully saturated rings. The summed E-state index contributed by atoms with van der Waals surface area (Å²) in [6.07, 6.45) is 11.5. The molecule has 3 aliphatic rings. The lowest BCUT2D eigenvalue weighted by atomic mass is 9.55. The highest BCUT2D eigenvalue weighted by atomic mass is 32.2. The summed E-state index contributed by atoms with van der Waals surface area (Å²) in [5.41, 5.74) is 2.73. The van der Waals surface area contributed by atoms with Crippen LogP contribution < -0.4 is 9.47 Å². The molecule has 1 heterocycles. The monoisotopic (exact) mass is 722 g/mol. The number of unbranched alkanes of at least 4 members (excludes halogenated alkanes) is 2. The molecule has 1 saturated carbocycles. The first-order valence-corrected chi connectivity index (χ1v) is 19.4. The van der Waals surface area contributed by atoms with Crippen molar-refractivity contribution in [2.24, 2.45) is 22.9 Å². The summed E-state index contributed by atoms with van der Waals surface area (Å²) in [4.78, 5) is 21.9. The summed E-state index contributed by atoms with van der Waals surface area (Å²) in [6, 6.07) is 13.4. The first-order valence-electron chi connectivity index (χ1n) is 18.2. The number of benzene rings is 2. The van der Waals surface area contributed by atoms with E-state index in [4.69, 9.17) is 23.8 Å². The number of aliphatic hydroxyl groups excluding tert-OH is 2. The molecule has 2 aliphatic carbocycles. The molecule has 6 atom stereocenters. The van der Waals surface area contributed by atoms with E-state index in [2.05, 4.69) is 23.9 Å². The van der Waals surface area contributed by atoms with Gasteiger partial charge in [-0.15, -0.1) is 18.3 Å². The average molecular weight is 723 g/mol. The number of rotatable bonds is 18. The molecule has 2 N–H and O–H groups in total. The Morgan fingerprint density at radius 1 is 1.08 bits per heavy atom. The van der Waals surface area contributed by atoms with Gasteiger partial charge in [-0.1, -0.05) is 37.1 Å². The van der Waals surface area contributed by atoms with Crippen LogP contribution in [-0.4, -0.2) is 85.6 Å². The minimum absolute atomic E-state index is 0.119. The van der Waals surface area contributed by atoms with Crippen molar-refractivity contribution < 1.29 is 38.8 Å². The van der Waals surface area contributed by atoms with Crippen molar-refractivity contribution in [3.8, 4) is 17.2 Å². The normalized spacial score (nSPS) is 25.6. The van der Waals surface area contributed by atoms with Crippen LogP contribution in [-0.2, 0) is 14.3 Å². The predicted octanol–water partition coefficient (Wildman–Crippen LogP) is 7.94. The van der Waals surface area contributed by atoms with Crippen LogP contribution in [0.3, 0.4) is 0 Å². The van der Waals surface area contributed by atoms with Crippen LogP contribution >= 0.6 is 11.8 Å². The number of hydrogen-bond donors (Lipinski definition) is 2. The zero-order chi connectivity index (χ0) is 36.4. The Labute approximate surface area is 306 Å². The lowest BCUT2D eigenvalue weighted by molar-refractivity contribution is -0.255. The number of fused-ring (bicyclic) bond motifs is 2. The van der Waals surface area contributed by atoms with Gasteiger partial charge in [0.1, 0.15) is 30.4 Å². The van der Waals surface area contributed by atoms with Gasteiger partial charge in [0, 0.05) is 42.6 Å². The summed E-state index contributed by atoms with van der Waals surface area (Å²) >= 11 is 1.68.